The molecule has 0 saturated heterocycles. The summed E-state index contributed by atoms with van der Waals surface area (Å²) in [7, 11) is 3.64. The Bertz CT molecular complexity index is 357. The standard InChI is InChI=1S/C13H21FN2O/c1-10-4-5-11(14)8-12(10)13(9-15)16(2)6-7-17-3/h4-5,8,13H,6-7,9,15H2,1-3H3. The first-order chi connectivity index (χ1) is 8.10. The fourth-order valence-corrected chi connectivity index (χ4v) is 1.91. The molecule has 2 N–H and O–H groups in total. The highest BCUT2D eigenvalue weighted by Crippen LogP contribution is 2.22. The molecule has 0 fully saturated rings. The second-order valence-corrected chi connectivity index (χ2v) is 4.23. The van der Waals surface area contributed by atoms with E-state index < -0.39 is 0 Å². The van der Waals surface area contributed by atoms with Crippen LogP contribution in [0.4, 0.5) is 4.39 Å². The molecule has 96 valence electrons. The van der Waals surface area contributed by atoms with Gasteiger partial charge in [0.15, 0.2) is 0 Å². The van der Waals surface area contributed by atoms with Gasteiger partial charge in [0.25, 0.3) is 0 Å². The molecule has 1 aromatic rings. The highest BCUT2D eigenvalue weighted by molar-refractivity contribution is 5.29. The molecule has 0 aliphatic heterocycles. The van der Waals surface area contributed by atoms with Crippen LogP contribution in [0.2, 0.25) is 0 Å². The molecule has 1 rings (SSSR count). The zero-order valence-electron chi connectivity index (χ0n) is 10.7. The first-order valence-electron chi connectivity index (χ1n) is 5.75. The van der Waals surface area contributed by atoms with Gasteiger partial charge in [-0.1, -0.05) is 6.07 Å². The molecule has 1 aromatic carbocycles. The number of likely N-dealkylation sites (N-methyl/N-ethyl adjacent to an activating group) is 1. The maximum atomic E-state index is 13.3. The van der Waals surface area contributed by atoms with Gasteiger partial charge >= 0.3 is 0 Å². The first-order valence-corrected chi connectivity index (χ1v) is 5.75. The van der Waals surface area contributed by atoms with Gasteiger partial charge in [0.1, 0.15) is 5.82 Å². The summed E-state index contributed by atoms with van der Waals surface area (Å²) in [6.07, 6.45) is 0. The van der Waals surface area contributed by atoms with E-state index in [1.54, 1.807) is 19.2 Å². The van der Waals surface area contributed by atoms with Crippen molar-refractivity contribution in [1.29, 1.82) is 0 Å². The fourth-order valence-electron chi connectivity index (χ4n) is 1.91. The zero-order chi connectivity index (χ0) is 12.8. The van der Waals surface area contributed by atoms with Gasteiger partial charge in [0.05, 0.1) is 6.61 Å². The van der Waals surface area contributed by atoms with Crippen LogP contribution in [0.15, 0.2) is 18.2 Å². The van der Waals surface area contributed by atoms with Crippen LogP contribution in [0.25, 0.3) is 0 Å². The smallest absolute Gasteiger partial charge is 0.123 e. The number of nitrogens with two attached hydrogens (primary N) is 1. The van der Waals surface area contributed by atoms with Crippen molar-refractivity contribution in [2.75, 3.05) is 33.9 Å². The molecule has 0 heterocycles. The molecule has 0 spiro atoms. The Kier molecular flexibility index (Phi) is 5.55. The summed E-state index contributed by atoms with van der Waals surface area (Å²) in [6.45, 7) is 3.85. The lowest BCUT2D eigenvalue weighted by Gasteiger charge is -2.28. The Balaban J connectivity index is 2.88. The normalized spacial score (nSPS) is 13.1. The minimum Gasteiger partial charge on any atom is -0.383 e. The van der Waals surface area contributed by atoms with Gasteiger partial charge in [0.2, 0.25) is 0 Å². The average Bonchev–Trinajstić information content (AvgIpc) is 2.32. The third-order valence-corrected chi connectivity index (χ3v) is 3.00. The van der Waals surface area contributed by atoms with E-state index in [-0.39, 0.29) is 11.9 Å². The lowest BCUT2D eigenvalue weighted by atomic mass is 10.00. The van der Waals surface area contributed by atoms with Crippen molar-refractivity contribution >= 4 is 0 Å². The van der Waals surface area contributed by atoms with Crippen molar-refractivity contribution < 1.29 is 9.13 Å². The molecule has 3 nitrogen and oxygen atoms in total. The van der Waals surface area contributed by atoms with Crippen LogP contribution in [0.3, 0.4) is 0 Å². The van der Waals surface area contributed by atoms with Crippen LogP contribution in [0.1, 0.15) is 17.2 Å². The molecular formula is C13H21FN2O. The average molecular weight is 240 g/mol. The minimum absolute atomic E-state index is 0.0286. The first kappa shape index (κ1) is 14.1. The van der Waals surface area contributed by atoms with Gasteiger partial charge < -0.3 is 10.5 Å². The molecule has 0 aliphatic carbocycles. The predicted molar refractivity (Wildman–Crippen MR) is 67.4 cm³/mol. The quantitative estimate of drug-likeness (QED) is 0.822. The molecule has 1 unspecified atom stereocenters. The molecule has 17 heavy (non-hydrogen) atoms. The Morgan fingerprint density at radius 2 is 2.18 bits per heavy atom. The number of hydrogen-bond acceptors (Lipinski definition) is 3. The van der Waals surface area contributed by atoms with Crippen molar-refractivity contribution in [3.05, 3.63) is 35.1 Å². The number of rotatable bonds is 6. The van der Waals surface area contributed by atoms with E-state index in [1.807, 2.05) is 14.0 Å². The number of benzene rings is 1. The summed E-state index contributed by atoms with van der Waals surface area (Å²) < 4.78 is 18.3. The Hall–Kier alpha value is -0.970. The third kappa shape index (κ3) is 3.77. The topological polar surface area (TPSA) is 38.5 Å². The molecular weight excluding hydrogens is 219 g/mol. The van der Waals surface area contributed by atoms with Gasteiger partial charge in [-0.2, -0.15) is 0 Å². The van der Waals surface area contributed by atoms with Crippen LogP contribution in [-0.2, 0) is 4.74 Å². The van der Waals surface area contributed by atoms with E-state index >= 15 is 0 Å². The molecule has 4 heteroatoms. The lowest BCUT2D eigenvalue weighted by molar-refractivity contribution is 0.140. The highest BCUT2D eigenvalue weighted by atomic mass is 19.1. The fraction of sp³-hybridized carbons (Fsp3) is 0.538. The van der Waals surface area contributed by atoms with Crippen molar-refractivity contribution in [3.8, 4) is 0 Å². The highest BCUT2D eigenvalue weighted by Gasteiger charge is 2.17. The molecule has 0 bridgehead atoms. The van der Waals surface area contributed by atoms with Crippen LogP contribution >= 0.6 is 0 Å². The number of nitrogens with zero attached hydrogens (tertiary/aromatic N) is 1. The van der Waals surface area contributed by atoms with Crippen molar-refractivity contribution in [2.45, 2.75) is 13.0 Å². The Labute approximate surface area is 102 Å². The van der Waals surface area contributed by atoms with Crippen molar-refractivity contribution in [3.63, 3.8) is 0 Å². The van der Waals surface area contributed by atoms with Gasteiger partial charge in [-0.25, -0.2) is 4.39 Å². The van der Waals surface area contributed by atoms with Gasteiger partial charge in [0, 0.05) is 26.2 Å². The summed E-state index contributed by atoms with van der Waals surface area (Å²) in [5.74, 6) is -0.218. The number of hydrogen-bond donors (Lipinski definition) is 1. The third-order valence-electron chi connectivity index (χ3n) is 3.00. The Morgan fingerprint density at radius 3 is 2.76 bits per heavy atom. The maximum Gasteiger partial charge on any atom is 0.123 e. The maximum absolute atomic E-state index is 13.3. The lowest BCUT2D eigenvalue weighted by Crippen LogP contribution is -2.33. The molecule has 0 radical (unpaired) electrons. The molecule has 0 aliphatic rings. The number of halogens is 1. The summed E-state index contributed by atoms with van der Waals surface area (Å²) >= 11 is 0. The van der Waals surface area contributed by atoms with E-state index in [4.69, 9.17) is 10.5 Å². The number of methoxy groups -OCH3 is 1. The molecule has 1 atom stereocenters. The van der Waals surface area contributed by atoms with E-state index in [0.29, 0.717) is 13.2 Å². The molecule has 0 aromatic heterocycles. The number of aryl methyl sites for hydroxylation is 1. The summed E-state index contributed by atoms with van der Waals surface area (Å²) in [6, 6.07) is 4.86. The van der Waals surface area contributed by atoms with Gasteiger partial charge in [-0.15, -0.1) is 0 Å². The van der Waals surface area contributed by atoms with Gasteiger partial charge in [-0.05, 0) is 37.2 Å². The number of ether oxygens (including phenoxy) is 1. The van der Waals surface area contributed by atoms with Crippen LogP contribution < -0.4 is 5.73 Å². The van der Waals surface area contributed by atoms with E-state index in [0.717, 1.165) is 17.7 Å². The molecule has 0 amide bonds. The van der Waals surface area contributed by atoms with Crippen molar-refractivity contribution in [1.82, 2.24) is 4.90 Å². The van der Waals surface area contributed by atoms with Crippen LogP contribution in [0.5, 0.6) is 0 Å². The second-order valence-electron chi connectivity index (χ2n) is 4.23. The zero-order valence-corrected chi connectivity index (χ0v) is 10.7. The second kappa shape index (κ2) is 6.69. The predicted octanol–water partition coefficient (Wildman–Crippen LogP) is 1.71. The molecule has 0 saturated carbocycles. The van der Waals surface area contributed by atoms with Gasteiger partial charge in [-0.3, -0.25) is 4.90 Å². The monoisotopic (exact) mass is 240 g/mol. The SMILES string of the molecule is COCCN(C)C(CN)c1cc(F)ccc1C. The van der Waals surface area contributed by atoms with Crippen LogP contribution in [-0.4, -0.2) is 38.8 Å². The van der Waals surface area contributed by atoms with E-state index in [1.165, 1.54) is 6.07 Å². The summed E-state index contributed by atoms with van der Waals surface area (Å²) in [4.78, 5) is 2.09. The van der Waals surface area contributed by atoms with E-state index in [9.17, 15) is 4.39 Å². The minimum atomic E-state index is -0.218. The van der Waals surface area contributed by atoms with Crippen LogP contribution in [0, 0.1) is 12.7 Å². The Morgan fingerprint density at radius 1 is 1.47 bits per heavy atom. The largest absolute Gasteiger partial charge is 0.383 e. The summed E-state index contributed by atoms with van der Waals surface area (Å²) in [5, 5.41) is 0. The van der Waals surface area contributed by atoms with Crippen molar-refractivity contribution in [2.24, 2.45) is 5.73 Å². The van der Waals surface area contributed by atoms with E-state index in [2.05, 4.69) is 4.90 Å². The summed E-state index contributed by atoms with van der Waals surface area (Å²) in [5.41, 5.74) is 7.80.